The molecule has 0 radical (unpaired) electrons. The summed E-state index contributed by atoms with van der Waals surface area (Å²) in [6.45, 7) is 2.92. The van der Waals surface area contributed by atoms with Gasteiger partial charge in [-0.15, -0.1) is 32.9 Å². The first-order valence-corrected chi connectivity index (χ1v) is 16.7. The first-order valence-electron chi connectivity index (χ1n) is 14.0. The molecule has 0 fully saturated rings. The quantitative estimate of drug-likeness (QED) is 0.173. The number of hydrazone groups is 1. The van der Waals surface area contributed by atoms with Crippen LogP contribution in [0, 0.1) is 6.92 Å². The second kappa shape index (κ2) is 13.5. The summed E-state index contributed by atoms with van der Waals surface area (Å²) >= 11 is 4.38. The lowest BCUT2D eigenvalue weighted by atomic mass is 10.00. The Balaban J connectivity index is 1.19. The Morgan fingerprint density at radius 2 is 1.74 bits per heavy atom. The SMILES string of the molecule is Cc1ccc(C2CC(c3cccs3)=NN2C(=O)CSc2nnc(CNC(=O)c3cccs3)n2CCc2ccccc2)cc1. The van der Waals surface area contributed by atoms with Crippen molar-refractivity contribution in [1.29, 1.82) is 0 Å². The lowest BCUT2D eigenvalue weighted by Crippen LogP contribution is -2.28. The number of thiophene rings is 2. The zero-order chi connectivity index (χ0) is 29.6. The highest BCUT2D eigenvalue weighted by molar-refractivity contribution is 7.99. The molecular weight excluding hydrogens is 597 g/mol. The van der Waals surface area contributed by atoms with E-state index in [1.807, 2.05) is 51.7 Å². The third-order valence-corrected chi connectivity index (χ3v) is 9.91. The van der Waals surface area contributed by atoms with Crippen LogP contribution in [0.2, 0.25) is 0 Å². The molecule has 218 valence electrons. The number of amides is 2. The molecule has 0 saturated carbocycles. The molecule has 2 aromatic carbocycles. The molecule has 0 spiro atoms. The Kier molecular flexibility index (Phi) is 9.11. The van der Waals surface area contributed by atoms with Crippen LogP contribution >= 0.6 is 34.4 Å². The molecule has 6 rings (SSSR count). The van der Waals surface area contributed by atoms with Crippen LogP contribution in [0.4, 0.5) is 0 Å². The second-order valence-electron chi connectivity index (χ2n) is 10.1. The minimum Gasteiger partial charge on any atom is -0.344 e. The lowest BCUT2D eigenvalue weighted by molar-refractivity contribution is -0.130. The van der Waals surface area contributed by atoms with Crippen LogP contribution in [-0.2, 0) is 24.3 Å². The van der Waals surface area contributed by atoms with Gasteiger partial charge in [0.1, 0.15) is 0 Å². The smallest absolute Gasteiger partial charge is 0.261 e. The van der Waals surface area contributed by atoms with E-state index < -0.39 is 0 Å². The number of carbonyl (C=O) groups excluding carboxylic acids is 2. The molecule has 1 N–H and O–H groups in total. The van der Waals surface area contributed by atoms with E-state index in [9.17, 15) is 9.59 Å². The second-order valence-corrected chi connectivity index (χ2v) is 13.0. The fourth-order valence-electron chi connectivity index (χ4n) is 4.89. The lowest BCUT2D eigenvalue weighted by Gasteiger charge is -2.22. The van der Waals surface area contributed by atoms with Crippen molar-refractivity contribution in [2.75, 3.05) is 5.75 Å². The molecule has 1 unspecified atom stereocenters. The van der Waals surface area contributed by atoms with Gasteiger partial charge in [-0.05, 0) is 47.4 Å². The highest BCUT2D eigenvalue weighted by Crippen LogP contribution is 2.35. The van der Waals surface area contributed by atoms with Gasteiger partial charge < -0.3 is 9.88 Å². The van der Waals surface area contributed by atoms with Crippen molar-refractivity contribution >= 4 is 52.0 Å². The molecule has 3 aromatic heterocycles. The highest BCUT2D eigenvalue weighted by Gasteiger charge is 2.33. The molecule has 0 saturated heterocycles. The van der Waals surface area contributed by atoms with Gasteiger partial charge in [-0.2, -0.15) is 5.10 Å². The number of hydrogen-bond donors (Lipinski definition) is 1. The average molecular weight is 627 g/mol. The first-order chi connectivity index (χ1) is 21.0. The number of benzene rings is 2. The summed E-state index contributed by atoms with van der Waals surface area (Å²) < 4.78 is 2.00. The van der Waals surface area contributed by atoms with Gasteiger partial charge >= 0.3 is 0 Å². The van der Waals surface area contributed by atoms with Gasteiger partial charge in [0.25, 0.3) is 11.8 Å². The number of thioether (sulfide) groups is 1. The zero-order valence-corrected chi connectivity index (χ0v) is 26.0. The van der Waals surface area contributed by atoms with E-state index in [4.69, 9.17) is 5.10 Å². The Hall–Kier alpha value is -4.06. The van der Waals surface area contributed by atoms with Gasteiger partial charge in [0, 0.05) is 13.0 Å². The van der Waals surface area contributed by atoms with E-state index in [1.54, 1.807) is 22.4 Å². The van der Waals surface area contributed by atoms with E-state index in [0.717, 1.165) is 22.6 Å². The maximum absolute atomic E-state index is 13.7. The van der Waals surface area contributed by atoms with Gasteiger partial charge in [-0.1, -0.05) is 84.1 Å². The van der Waals surface area contributed by atoms with E-state index in [2.05, 4.69) is 58.8 Å². The predicted octanol–water partition coefficient (Wildman–Crippen LogP) is 6.35. The largest absolute Gasteiger partial charge is 0.344 e. The molecule has 11 heteroatoms. The van der Waals surface area contributed by atoms with E-state index in [1.165, 1.54) is 34.2 Å². The van der Waals surface area contributed by atoms with Gasteiger partial charge in [0.2, 0.25) is 0 Å². The van der Waals surface area contributed by atoms with Gasteiger partial charge in [-0.25, -0.2) is 5.01 Å². The van der Waals surface area contributed by atoms with E-state index >= 15 is 0 Å². The molecule has 4 heterocycles. The summed E-state index contributed by atoms with van der Waals surface area (Å²) in [5, 5.41) is 22.8. The first kappa shape index (κ1) is 29.0. The normalized spacial score (nSPS) is 14.6. The van der Waals surface area contributed by atoms with Crippen LogP contribution in [0.1, 0.15) is 49.5 Å². The van der Waals surface area contributed by atoms with Crippen LogP contribution in [0.25, 0.3) is 0 Å². The summed E-state index contributed by atoms with van der Waals surface area (Å²) in [6, 6.07) is 26.0. The van der Waals surface area contributed by atoms with Crippen molar-refractivity contribution < 1.29 is 9.59 Å². The fourth-order valence-corrected chi connectivity index (χ4v) is 7.09. The predicted molar refractivity (Wildman–Crippen MR) is 173 cm³/mol. The van der Waals surface area contributed by atoms with Crippen LogP contribution < -0.4 is 5.32 Å². The number of aromatic nitrogens is 3. The molecule has 0 aliphatic carbocycles. The monoisotopic (exact) mass is 626 g/mol. The molecule has 8 nitrogen and oxygen atoms in total. The summed E-state index contributed by atoms with van der Waals surface area (Å²) in [7, 11) is 0. The highest BCUT2D eigenvalue weighted by atomic mass is 32.2. The minimum atomic E-state index is -0.162. The maximum atomic E-state index is 13.7. The Morgan fingerprint density at radius 1 is 0.953 bits per heavy atom. The molecule has 1 aliphatic heterocycles. The molecule has 1 aliphatic rings. The van der Waals surface area contributed by atoms with Crippen LogP contribution in [0.3, 0.4) is 0 Å². The molecule has 2 amide bonds. The van der Waals surface area contributed by atoms with Crippen molar-refractivity contribution in [2.24, 2.45) is 5.10 Å². The topological polar surface area (TPSA) is 92.5 Å². The van der Waals surface area contributed by atoms with Gasteiger partial charge in [0.05, 0.1) is 33.8 Å². The van der Waals surface area contributed by atoms with Crippen molar-refractivity contribution in [1.82, 2.24) is 25.1 Å². The molecule has 1 atom stereocenters. The van der Waals surface area contributed by atoms with Crippen LogP contribution in [0.5, 0.6) is 0 Å². The van der Waals surface area contributed by atoms with Crippen molar-refractivity contribution in [3.05, 3.63) is 122 Å². The summed E-state index contributed by atoms with van der Waals surface area (Å²) in [6.07, 6.45) is 1.43. The van der Waals surface area contributed by atoms with Crippen LogP contribution in [0.15, 0.2) is 99.9 Å². The number of rotatable bonds is 11. The molecule has 0 bridgehead atoms. The Bertz CT molecular complexity index is 1700. The van der Waals surface area contributed by atoms with Crippen molar-refractivity contribution in [3.8, 4) is 0 Å². The van der Waals surface area contributed by atoms with Crippen molar-refractivity contribution in [2.45, 2.75) is 44.1 Å². The van der Waals surface area contributed by atoms with E-state index in [-0.39, 0.29) is 30.2 Å². The summed E-state index contributed by atoms with van der Waals surface area (Å²) in [4.78, 5) is 28.0. The summed E-state index contributed by atoms with van der Waals surface area (Å²) in [5.41, 5.74) is 4.35. The standard InChI is InChI=1S/C32H30N6O2S3/c1-22-11-13-24(14-12-22)26-19-25(27-9-5-17-41-27)36-38(26)30(39)21-43-32-35-34-29(20-33-31(40)28-10-6-18-42-28)37(32)16-15-23-7-3-2-4-8-23/h2-14,17-18,26H,15-16,19-21H2,1H3,(H,33,40). The number of aryl methyl sites for hydroxylation is 2. The molecular formula is C32H30N6O2S3. The van der Waals surface area contributed by atoms with Gasteiger partial charge in [0.15, 0.2) is 11.0 Å². The fraction of sp³-hybridized carbons (Fsp3) is 0.219. The maximum Gasteiger partial charge on any atom is 0.261 e. The Labute approximate surface area is 262 Å². The van der Waals surface area contributed by atoms with Crippen molar-refractivity contribution in [3.63, 3.8) is 0 Å². The summed E-state index contributed by atoms with van der Waals surface area (Å²) in [5.74, 6) is 0.571. The zero-order valence-electron chi connectivity index (χ0n) is 23.6. The Morgan fingerprint density at radius 3 is 2.49 bits per heavy atom. The number of carbonyl (C=O) groups is 2. The number of nitrogens with zero attached hydrogens (tertiary/aromatic N) is 5. The molecule has 43 heavy (non-hydrogen) atoms. The van der Waals surface area contributed by atoms with Gasteiger partial charge in [-0.3, -0.25) is 9.59 Å². The third kappa shape index (κ3) is 6.96. The molecule has 5 aromatic rings. The third-order valence-electron chi connectivity index (χ3n) is 7.17. The number of nitrogens with one attached hydrogen (secondary N) is 1. The number of hydrogen-bond acceptors (Lipinski definition) is 8. The van der Waals surface area contributed by atoms with E-state index in [0.29, 0.717) is 28.8 Å². The average Bonchev–Trinajstić information content (AvgIpc) is 3.85. The van der Waals surface area contributed by atoms with Crippen LogP contribution in [-0.4, -0.2) is 43.1 Å². The minimum absolute atomic E-state index is 0.0905.